The van der Waals surface area contributed by atoms with Gasteiger partial charge in [0.2, 0.25) is 0 Å². The van der Waals surface area contributed by atoms with Crippen molar-refractivity contribution in [3.05, 3.63) is 65.2 Å². The summed E-state index contributed by atoms with van der Waals surface area (Å²) < 4.78 is 0. The standard InChI is InChI=1S/C16H16O2S/c1-2-13-9-6-10-14(15(13)16(17)18)19-11-12-7-4-3-5-8-12/h3-10H,2,11H2,1H3,(H,17,18). The van der Waals surface area contributed by atoms with Crippen molar-refractivity contribution in [1.82, 2.24) is 0 Å². The second-order valence-corrected chi connectivity index (χ2v) is 5.24. The third-order valence-electron chi connectivity index (χ3n) is 2.94. The Morgan fingerprint density at radius 3 is 2.47 bits per heavy atom. The van der Waals surface area contributed by atoms with Crippen LogP contribution < -0.4 is 0 Å². The zero-order valence-electron chi connectivity index (χ0n) is 10.8. The molecule has 2 aromatic carbocycles. The SMILES string of the molecule is CCc1cccc(SCc2ccccc2)c1C(=O)O. The van der Waals surface area contributed by atoms with Crippen LogP contribution in [-0.2, 0) is 12.2 Å². The number of hydrogen-bond donors (Lipinski definition) is 1. The topological polar surface area (TPSA) is 37.3 Å². The van der Waals surface area contributed by atoms with E-state index in [9.17, 15) is 9.90 Å². The summed E-state index contributed by atoms with van der Waals surface area (Å²) in [6.45, 7) is 1.98. The molecule has 2 nitrogen and oxygen atoms in total. The lowest BCUT2D eigenvalue weighted by atomic mass is 10.1. The highest BCUT2D eigenvalue weighted by Crippen LogP contribution is 2.28. The number of hydrogen-bond acceptors (Lipinski definition) is 2. The summed E-state index contributed by atoms with van der Waals surface area (Å²) in [5, 5.41) is 9.36. The van der Waals surface area contributed by atoms with E-state index in [4.69, 9.17) is 0 Å². The van der Waals surface area contributed by atoms with Gasteiger partial charge in [-0.25, -0.2) is 4.79 Å². The molecule has 2 rings (SSSR count). The number of aromatic carboxylic acids is 1. The Morgan fingerprint density at radius 1 is 1.11 bits per heavy atom. The predicted molar refractivity (Wildman–Crippen MR) is 78.8 cm³/mol. The van der Waals surface area contributed by atoms with Gasteiger partial charge in [-0.15, -0.1) is 11.8 Å². The smallest absolute Gasteiger partial charge is 0.337 e. The van der Waals surface area contributed by atoms with Crippen LogP contribution in [0.3, 0.4) is 0 Å². The van der Waals surface area contributed by atoms with Crippen LogP contribution in [0.5, 0.6) is 0 Å². The maximum Gasteiger partial charge on any atom is 0.337 e. The highest BCUT2D eigenvalue weighted by atomic mass is 32.2. The molecule has 0 aliphatic carbocycles. The molecule has 0 spiro atoms. The van der Waals surface area contributed by atoms with Crippen molar-refractivity contribution in [2.24, 2.45) is 0 Å². The van der Waals surface area contributed by atoms with Crippen molar-refractivity contribution in [2.45, 2.75) is 24.0 Å². The Hall–Kier alpha value is -1.74. The summed E-state index contributed by atoms with van der Waals surface area (Å²) in [5.74, 6) is -0.0538. The molecule has 0 heterocycles. The number of carboxylic acids is 1. The van der Waals surface area contributed by atoms with Gasteiger partial charge >= 0.3 is 5.97 Å². The van der Waals surface area contributed by atoms with Gasteiger partial charge in [0, 0.05) is 10.6 Å². The van der Waals surface area contributed by atoms with E-state index >= 15 is 0 Å². The van der Waals surface area contributed by atoms with E-state index in [2.05, 4.69) is 12.1 Å². The third kappa shape index (κ3) is 3.38. The lowest BCUT2D eigenvalue weighted by Crippen LogP contribution is -2.04. The molecule has 0 saturated carbocycles. The Bertz CT molecular complexity index is 564. The molecule has 0 unspecified atom stereocenters. The molecule has 0 amide bonds. The average Bonchev–Trinajstić information content (AvgIpc) is 2.45. The van der Waals surface area contributed by atoms with Gasteiger partial charge in [0.1, 0.15) is 0 Å². The van der Waals surface area contributed by atoms with Crippen LogP contribution in [0.2, 0.25) is 0 Å². The van der Waals surface area contributed by atoms with Gasteiger partial charge in [-0.3, -0.25) is 0 Å². The number of thioether (sulfide) groups is 1. The first-order valence-electron chi connectivity index (χ1n) is 6.24. The van der Waals surface area contributed by atoms with Crippen LogP contribution in [0.4, 0.5) is 0 Å². The second-order valence-electron chi connectivity index (χ2n) is 4.22. The van der Waals surface area contributed by atoms with E-state index in [-0.39, 0.29) is 0 Å². The second kappa shape index (κ2) is 6.43. The molecular weight excluding hydrogens is 256 g/mol. The molecule has 3 heteroatoms. The molecule has 0 aliphatic rings. The van der Waals surface area contributed by atoms with Gasteiger partial charge in [0.05, 0.1) is 5.56 Å². The number of carboxylic acid groups (broad SMARTS) is 1. The summed E-state index contributed by atoms with van der Waals surface area (Å²) in [5.41, 5.74) is 2.54. The number of carbonyl (C=O) groups is 1. The maximum absolute atomic E-state index is 11.4. The van der Waals surface area contributed by atoms with Crippen molar-refractivity contribution >= 4 is 17.7 Å². The summed E-state index contributed by atoms with van der Waals surface area (Å²) in [7, 11) is 0. The monoisotopic (exact) mass is 272 g/mol. The number of aryl methyl sites for hydroxylation is 1. The predicted octanol–water partition coefficient (Wildman–Crippen LogP) is 4.24. The molecular formula is C16H16O2S. The largest absolute Gasteiger partial charge is 0.478 e. The van der Waals surface area contributed by atoms with Gasteiger partial charge in [0.15, 0.2) is 0 Å². The zero-order valence-corrected chi connectivity index (χ0v) is 11.6. The fourth-order valence-corrected chi connectivity index (χ4v) is 3.02. The van der Waals surface area contributed by atoms with Crippen LogP contribution in [0.25, 0.3) is 0 Å². The van der Waals surface area contributed by atoms with Gasteiger partial charge in [0.25, 0.3) is 0 Å². The molecule has 98 valence electrons. The highest BCUT2D eigenvalue weighted by Gasteiger charge is 2.14. The maximum atomic E-state index is 11.4. The van der Waals surface area contributed by atoms with Crippen LogP contribution >= 0.6 is 11.8 Å². The first-order valence-corrected chi connectivity index (χ1v) is 7.23. The van der Waals surface area contributed by atoms with Gasteiger partial charge in [-0.05, 0) is 23.6 Å². The molecule has 0 fully saturated rings. The first-order chi connectivity index (χ1) is 9.22. The average molecular weight is 272 g/mol. The summed E-state index contributed by atoms with van der Waals surface area (Å²) in [4.78, 5) is 12.2. The van der Waals surface area contributed by atoms with Gasteiger partial charge in [-0.2, -0.15) is 0 Å². The Kier molecular flexibility index (Phi) is 4.63. The van der Waals surface area contributed by atoms with Crippen molar-refractivity contribution in [3.63, 3.8) is 0 Å². The number of rotatable bonds is 5. The molecule has 0 atom stereocenters. The number of benzene rings is 2. The molecule has 0 saturated heterocycles. The third-order valence-corrected chi connectivity index (χ3v) is 4.07. The zero-order chi connectivity index (χ0) is 13.7. The Morgan fingerprint density at radius 2 is 1.84 bits per heavy atom. The molecule has 2 aromatic rings. The minimum absolute atomic E-state index is 0.450. The quantitative estimate of drug-likeness (QED) is 0.827. The van der Waals surface area contributed by atoms with Gasteiger partial charge < -0.3 is 5.11 Å². The van der Waals surface area contributed by atoms with Crippen LogP contribution in [-0.4, -0.2) is 11.1 Å². The minimum Gasteiger partial charge on any atom is -0.478 e. The van der Waals surface area contributed by atoms with E-state index < -0.39 is 5.97 Å². The van der Waals surface area contributed by atoms with Gasteiger partial charge in [-0.1, -0.05) is 49.4 Å². The van der Waals surface area contributed by atoms with E-state index in [1.54, 1.807) is 11.8 Å². The summed E-state index contributed by atoms with van der Waals surface area (Å²) in [6.07, 6.45) is 0.737. The summed E-state index contributed by atoms with van der Waals surface area (Å²) in [6, 6.07) is 15.8. The molecule has 0 aliphatic heterocycles. The molecule has 0 radical (unpaired) electrons. The lowest BCUT2D eigenvalue weighted by molar-refractivity contribution is 0.0692. The molecule has 19 heavy (non-hydrogen) atoms. The van der Waals surface area contributed by atoms with E-state index in [0.717, 1.165) is 22.6 Å². The van der Waals surface area contributed by atoms with E-state index in [1.807, 2.05) is 43.3 Å². The molecule has 0 bridgehead atoms. The van der Waals surface area contributed by atoms with E-state index in [0.29, 0.717) is 5.56 Å². The summed E-state index contributed by atoms with van der Waals surface area (Å²) >= 11 is 1.58. The van der Waals surface area contributed by atoms with Crippen LogP contribution in [0.15, 0.2) is 53.4 Å². The normalized spacial score (nSPS) is 10.4. The first kappa shape index (κ1) is 13.7. The van der Waals surface area contributed by atoms with Crippen LogP contribution in [0.1, 0.15) is 28.4 Å². The van der Waals surface area contributed by atoms with Crippen molar-refractivity contribution in [3.8, 4) is 0 Å². The van der Waals surface area contributed by atoms with Crippen molar-refractivity contribution < 1.29 is 9.90 Å². The minimum atomic E-state index is -0.840. The van der Waals surface area contributed by atoms with Crippen molar-refractivity contribution in [1.29, 1.82) is 0 Å². The van der Waals surface area contributed by atoms with Crippen LogP contribution in [0, 0.1) is 0 Å². The fourth-order valence-electron chi connectivity index (χ4n) is 1.97. The highest BCUT2D eigenvalue weighted by molar-refractivity contribution is 7.98. The lowest BCUT2D eigenvalue weighted by Gasteiger charge is -2.10. The molecule has 1 N–H and O–H groups in total. The fraction of sp³-hybridized carbons (Fsp3) is 0.188. The molecule has 0 aromatic heterocycles. The van der Waals surface area contributed by atoms with E-state index in [1.165, 1.54) is 5.56 Å². The Labute approximate surface area is 117 Å². The Balaban J connectivity index is 2.23. The van der Waals surface area contributed by atoms with Crippen molar-refractivity contribution in [2.75, 3.05) is 0 Å².